The van der Waals surface area contributed by atoms with Crippen LogP contribution in [0.5, 0.6) is 0 Å². The van der Waals surface area contributed by atoms with Crippen molar-refractivity contribution in [1.29, 1.82) is 0 Å². The molecular formula is C17H22O5. The number of aliphatic hydroxyl groups is 2. The van der Waals surface area contributed by atoms with Crippen molar-refractivity contribution in [2.75, 3.05) is 6.61 Å². The van der Waals surface area contributed by atoms with Crippen LogP contribution in [0.1, 0.15) is 46.0 Å². The summed E-state index contributed by atoms with van der Waals surface area (Å²) in [6, 6.07) is 0. The first kappa shape index (κ1) is 14.5. The minimum atomic E-state index is -1.53. The van der Waals surface area contributed by atoms with Gasteiger partial charge in [-0.05, 0) is 39.5 Å². The van der Waals surface area contributed by atoms with Crippen molar-refractivity contribution < 1.29 is 24.5 Å². The Labute approximate surface area is 129 Å². The maximum absolute atomic E-state index is 13.0. The van der Waals surface area contributed by atoms with E-state index in [1.807, 2.05) is 6.92 Å². The molecule has 22 heavy (non-hydrogen) atoms. The average molecular weight is 306 g/mol. The minimum absolute atomic E-state index is 0.0827. The van der Waals surface area contributed by atoms with Gasteiger partial charge in [-0.25, -0.2) is 0 Å². The van der Waals surface area contributed by atoms with E-state index in [1.54, 1.807) is 6.92 Å². The molecule has 1 heterocycles. The third-order valence-corrected chi connectivity index (χ3v) is 6.41. The van der Waals surface area contributed by atoms with Gasteiger partial charge in [0.2, 0.25) is 0 Å². The average Bonchev–Trinajstić information content (AvgIpc) is 2.97. The number of Topliss-reactive ketones (excluding diaryl/α,β-unsaturated/α-hetero) is 2. The lowest BCUT2D eigenvalue weighted by Gasteiger charge is -2.46. The van der Waals surface area contributed by atoms with E-state index in [9.17, 15) is 19.8 Å². The molecule has 4 aliphatic rings. The third kappa shape index (κ3) is 1.59. The van der Waals surface area contributed by atoms with Crippen molar-refractivity contribution in [1.82, 2.24) is 0 Å². The molecule has 0 aromatic rings. The highest BCUT2D eigenvalue weighted by molar-refractivity contribution is 6.15. The number of hydrogen-bond donors (Lipinski definition) is 2. The van der Waals surface area contributed by atoms with Crippen LogP contribution in [0, 0.1) is 11.3 Å². The Morgan fingerprint density at radius 2 is 1.95 bits per heavy atom. The third-order valence-electron chi connectivity index (χ3n) is 6.41. The SMILES string of the molecule is CC1=C2CC[C@@](C)(O)[C@H]2C[C@]2(C1)C(=O)[C@@H]1C[C@@](O)(CO1)C2=O. The van der Waals surface area contributed by atoms with Crippen molar-refractivity contribution in [2.45, 2.75) is 63.3 Å². The van der Waals surface area contributed by atoms with Gasteiger partial charge in [-0.3, -0.25) is 9.59 Å². The Morgan fingerprint density at radius 3 is 2.68 bits per heavy atom. The Bertz CT molecular complexity index is 619. The van der Waals surface area contributed by atoms with Crippen LogP contribution in [0.25, 0.3) is 0 Å². The maximum Gasteiger partial charge on any atom is 0.180 e. The largest absolute Gasteiger partial charge is 0.390 e. The topological polar surface area (TPSA) is 83.8 Å². The first-order chi connectivity index (χ1) is 10.2. The van der Waals surface area contributed by atoms with Gasteiger partial charge in [-0.15, -0.1) is 0 Å². The molecule has 1 saturated heterocycles. The quantitative estimate of drug-likeness (QED) is 0.513. The number of ether oxygens (including phenoxy) is 1. The zero-order chi connectivity index (χ0) is 15.9. The molecule has 5 atom stereocenters. The van der Waals surface area contributed by atoms with E-state index in [0.29, 0.717) is 19.3 Å². The zero-order valence-electron chi connectivity index (χ0n) is 13.0. The molecule has 5 heteroatoms. The summed E-state index contributed by atoms with van der Waals surface area (Å²) in [5, 5.41) is 21.2. The lowest BCUT2D eigenvalue weighted by molar-refractivity contribution is -0.161. The van der Waals surface area contributed by atoms with Gasteiger partial charge >= 0.3 is 0 Å². The van der Waals surface area contributed by atoms with E-state index in [0.717, 1.165) is 12.0 Å². The fraction of sp³-hybridized carbons (Fsp3) is 0.765. The maximum atomic E-state index is 13.0. The fourth-order valence-corrected chi connectivity index (χ4v) is 5.17. The molecule has 3 aliphatic carbocycles. The van der Waals surface area contributed by atoms with Crippen molar-refractivity contribution >= 4 is 11.6 Å². The number of allylic oxidation sites excluding steroid dienone is 1. The van der Waals surface area contributed by atoms with Crippen LogP contribution in [0.2, 0.25) is 0 Å². The lowest BCUT2D eigenvalue weighted by Crippen LogP contribution is -2.60. The molecule has 0 aromatic heterocycles. The highest BCUT2D eigenvalue weighted by atomic mass is 16.5. The van der Waals surface area contributed by atoms with E-state index >= 15 is 0 Å². The van der Waals surface area contributed by atoms with Crippen LogP contribution < -0.4 is 0 Å². The van der Waals surface area contributed by atoms with Gasteiger partial charge in [-0.2, -0.15) is 0 Å². The second-order valence-electron chi connectivity index (χ2n) is 7.91. The molecule has 4 rings (SSSR count). The van der Waals surface area contributed by atoms with E-state index in [2.05, 4.69) is 0 Å². The molecule has 5 nitrogen and oxygen atoms in total. The first-order valence-corrected chi connectivity index (χ1v) is 8.04. The molecule has 0 unspecified atom stereocenters. The van der Waals surface area contributed by atoms with Crippen LogP contribution in [-0.2, 0) is 14.3 Å². The number of carbonyl (C=O) groups excluding carboxylic acids is 2. The number of ketones is 2. The predicted octanol–water partition coefficient (Wildman–Crippen LogP) is 0.916. The molecule has 1 aliphatic heterocycles. The van der Waals surface area contributed by atoms with Gasteiger partial charge in [0.25, 0.3) is 0 Å². The van der Waals surface area contributed by atoms with Gasteiger partial charge in [-0.1, -0.05) is 11.1 Å². The van der Waals surface area contributed by atoms with Crippen molar-refractivity contribution in [2.24, 2.45) is 11.3 Å². The van der Waals surface area contributed by atoms with Crippen molar-refractivity contribution in [3.8, 4) is 0 Å². The minimum Gasteiger partial charge on any atom is -0.390 e. The van der Waals surface area contributed by atoms with E-state index in [4.69, 9.17) is 4.74 Å². The highest BCUT2D eigenvalue weighted by Crippen LogP contribution is 2.57. The van der Waals surface area contributed by atoms with Crippen molar-refractivity contribution in [3.05, 3.63) is 11.1 Å². The van der Waals surface area contributed by atoms with E-state index in [-0.39, 0.29) is 30.5 Å². The molecule has 120 valence electrons. The van der Waals surface area contributed by atoms with Gasteiger partial charge in [0.05, 0.1) is 17.6 Å². The molecule has 0 aromatic carbocycles. The zero-order valence-corrected chi connectivity index (χ0v) is 13.0. The Kier molecular flexibility index (Phi) is 2.69. The Hall–Kier alpha value is -1.04. The molecule has 2 N–H and O–H groups in total. The number of fused-ring (bicyclic) bond motifs is 3. The van der Waals surface area contributed by atoms with Crippen LogP contribution in [0.15, 0.2) is 11.1 Å². The smallest absolute Gasteiger partial charge is 0.180 e. The summed E-state index contributed by atoms with van der Waals surface area (Å²) in [4.78, 5) is 25.9. The van der Waals surface area contributed by atoms with Gasteiger partial charge in [0.15, 0.2) is 11.6 Å². The summed E-state index contributed by atoms with van der Waals surface area (Å²) >= 11 is 0. The number of hydrogen-bond acceptors (Lipinski definition) is 5. The first-order valence-electron chi connectivity index (χ1n) is 8.04. The van der Waals surface area contributed by atoms with Crippen molar-refractivity contribution in [3.63, 3.8) is 0 Å². The predicted molar refractivity (Wildman–Crippen MR) is 77.0 cm³/mol. The summed E-state index contributed by atoms with van der Waals surface area (Å²) in [5.41, 5.74) is -1.39. The number of rotatable bonds is 0. The lowest BCUT2D eigenvalue weighted by atomic mass is 9.56. The molecular weight excluding hydrogens is 284 g/mol. The summed E-state index contributed by atoms with van der Waals surface area (Å²) in [5.74, 6) is -0.754. The Morgan fingerprint density at radius 1 is 1.23 bits per heavy atom. The fourth-order valence-electron chi connectivity index (χ4n) is 5.17. The standard InChI is InChI=1S/C17H22O5/c1-9-5-16(6-11-10(9)3-4-15(11,2)20)13(18)12-7-17(21,8-22-12)14(16)19/h11-12,20-21H,3-8H2,1-2H3/t11-,12-,15+,16+,17+/m0/s1. The summed E-state index contributed by atoms with van der Waals surface area (Å²) in [6.07, 6.45) is 1.58. The summed E-state index contributed by atoms with van der Waals surface area (Å²) in [6.45, 7) is 3.65. The normalized spacial score (nSPS) is 50.9. The van der Waals surface area contributed by atoms with Gasteiger partial charge < -0.3 is 14.9 Å². The second-order valence-corrected chi connectivity index (χ2v) is 7.91. The summed E-state index contributed by atoms with van der Waals surface area (Å²) < 4.78 is 5.39. The van der Waals surface area contributed by atoms with Crippen LogP contribution >= 0.6 is 0 Å². The van der Waals surface area contributed by atoms with Gasteiger partial charge in [0, 0.05) is 12.3 Å². The van der Waals surface area contributed by atoms with Crippen LogP contribution in [-0.4, -0.2) is 45.7 Å². The monoisotopic (exact) mass is 306 g/mol. The molecule has 0 amide bonds. The molecule has 2 bridgehead atoms. The Balaban J connectivity index is 1.83. The summed E-state index contributed by atoms with van der Waals surface area (Å²) in [7, 11) is 0. The van der Waals surface area contributed by atoms with Crippen LogP contribution in [0.4, 0.5) is 0 Å². The second kappa shape index (κ2) is 4.08. The molecule has 0 radical (unpaired) electrons. The van der Waals surface area contributed by atoms with E-state index < -0.39 is 22.7 Å². The number of carbonyl (C=O) groups is 2. The highest BCUT2D eigenvalue weighted by Gasteiger charge is 2.67. The molecule has 3 fully saturated rings. The van der Waals surface area contributed by atoms with E-state index in [1.165, 1.54) is 5.57 Å². The molecule has 1 spiro atoms. The van der Waals surface area contributed by atoms with Gasteiger partial charge in [0.1, 0.15) is 11.7 Å². The molecule has 2 saturated carbocycles. The van der Waals surface area contributed by atoms with Crippen LogP contribution in [0.3, 0.4) is 0 Å².